The first-order valence-electron chi connectivity index (χ1n) is 13.3. The second kappa shape index (κ2) is 8.75. The van der Waals surface area contributed by atoms with Crippen molar-refractivity contribution in [2.45, 2.75) is 76.2 Å². The van der Waals surface area contributed by atoms with Gasteiger partial charge in [0.25, 0.3) is 0 Å². The van der Waals surface area contributed by atoms with Gasteiger partial charge in [0.1, 0.15) is 0 Å². The molecule has 0 radical (unpaired) electrons. The maximum Gasteiger partial charge on any atom is 0.0883 e. The Morgan fingerprint density at radius 1 is 0.771 bits per heavy atom. The Morgan fingerprint density at radius 3 is 2.31 bits per heavy atom. The van der Waals surface area contributed by atoms with Gasteiger partial charge in [0.2, 0.25) is 0 Å². The first kappa shape index (κ1) is 22.7. The van der Waals surface area contributed by atoms with Crippen molar-refractivity contribution in [3.05, 3.63) is 95.2 Å². The van der Waals surface area contributed by atoms with Gasteiger partial charge in [-0.05, 0) is 81.3 Å². The third-order valence-electron chi connectivity index (χ3n) is 9.02. The predicted molar refractivity (Wildman–Crippen MR) is 149 cm³/mol. The highest BCUT2D eigenvalue weighted by molar-refractivity contribution is 6.36. The van der Waals surface area contributed by atoms with E-state index in [-0.39, 0.29) is 11.0 Å². The minimum absolute atomic E-state index is 0.00111. The molecule has 2 aliphatic carbocycles. The Labute approximate surface area is 215 Å². The van der Waals surface area contributed by atoms with Crippen LogP contribution >= 0.6 is 11.6 Å². The van der Waals surface area contributed by atoms with Crippen LogP contribution in [0, 0.1) is 0 Å². The molecule has 3 heteroatoms. The number of fused-ring (bicyclic) bond motifs is 3. The van der Waals surface area contributed by atoms with E-state index in [4.69, 9.17) is 11.6 Å². The van der Waals surface area contributed by atoms with Crippen LogP contribution in [0.3, 0.4) is 0 Å². The van der Waals surface area contributed by atoms with Crippen molar-refractivity contribution < 1.29 is 0 Å². The monoisotopic (exact) mass is 482 g/mol. The molecule has 3 aliphatic rings. The zero-order valence-corrected chi connectivity index (χ0v) is 21.7. The second-order valence-electron chi connectivity index (χ2n) is 10.9. The maximum absolute atomic E-state index is 7.45. The lowest BCUT2D eigenvalue weighted by atomic mass is 9.61. The van der Waals surface area contributed by atoms with Gasteiger partial charge in [-0.25, -0.2) is 0 Å². The fourth-order valence-electron chi connectivity index (χ4n) is 6.99. The van der Waals surface area contributed by atoms with E-state index in [1.807, 2.05) is 0 Å². The molecule has 2 unspecified atom stereocenters. The first-order valence-corrected chi connectivity index (χ1v) is 13.6. The number of hydrogen-bond acceptors (Lipinski definition) is 2. The van der Waals surface area contributed by atoms with Crippen molar-refractivity contribution in [1.29, 1.82) is 0 Å². The fourth-order valence-corrected chi connectivity index (χ4v) is 7.28. The molecule has 0 N–H and O–H groups in total. The molecule has 3 aromatic carbocycles. The summed E-state index contributed by atoms with van der Waals surface area (Å²) in [6.45, 7) is 4.94. The fraction of sp³-hybridized carbons (Fsp3) is 0.375. The Hall–Kier alpha value is -2.71. The summed E-state index contributed by atoms with van der Waals surface area (Å²) in [4.78, 5) is 4.99. The molecular weight excluding hydrogens is 448 g/mol. The molecule has 0 spiro atoms. The zero-order valence-electron chi connectivity index (χ0n) is 20.9. The highest BCUT2D eigenvalue weighted by atomic mass is 35.5. The maximum atomic E-state index is 7.45. The van der Waals surface area contributed by atoms with Crippen molar-refractivity contribution >= 4 is 34.4 Å². The Morgan fingerprint density at radius 2 is 1.51 bits per heavy atom. The van der Waals surface area contributed by atoms with E-state index in [1.54, 1.807) is 0 Å². The lowest BCUT2D eigenvalue weighted by Gasteiger charge is -2.50. The van der Waals surface area contributed by atoms with Crippen LogP contribution in [0.5, 0.6) is 0 Å². The lowest BCUT2D eigenvalue weighted by Crippen LogP contribution is -2.54. The van der Waals surface area contributed by atoms with Gasteiger partial charge < -0.3 is 9.80 Å². The van der Waals surface area contributed by atoms with Crippen LogP contribution in [-0.4, -0.2) is 5.54 Å². The molecule has 35 heavy (non-hydrogen) atoms. The molecule has 2 nitrogen and oxygen atoms in total. The molecule has 1 fully saturated rings. The summed E-state index contributed by atoms with van der Waals surface area (Å²) in [7, 11) is 0. The molecule has 0 bridgehead atoms. The smallest absolute Gasteiger partial charge is 0.0883 e. The molecule has 6 rings (SSSR count). The van der Waals surface area contributed by atoms with E-state index in [1.165, 1.54) is 61.2 Å². The second-order valence-corrected chi connectivity index (χ2v) is 11.3. The summed E-state index contributed by atoms with van der Waals surface area (Å²) in [5, 5.41) is 0.841. The Kier molecular flexibility index (Phi) is 5.68. The molecule has 3 aromatic rings. The minimum Gasteiger partial charge on any atom is -0.333 e. The topological polar surface area (TPSA) is 6.48 Å². The minimum atomic E-state index is -0.00111. The summed E-state index contributed by atoms with van der Waals surface area (Å²) in [6.07, 6.45) is 12.1. The van der Waals surface area contributed by atoms with Crippen LogP contribution in [0.15, 0.2) is 84.6 Å². The SMILES string of the molecule is CC12CCCCC1(C)N(c1cccc(N(C3=CCCCC3)c3ccccc3)c1Cl)c1ccccc12. The summed E-state index contributed by atoms with van der Waals surface area (Å²) < 4.78 is 0. The number of allylic oxidation sites excluding steroid dienone is 2. The van der Waals surface area contributed by atoms with Crippen molar-refractivity contribution in [1.82, 2.24) is 0 Å². The quantitative estimate of drug-likeness (QED) is 0.365. The summed E-state index contributed by atoms with van der Waals surface area (Å²) in [6, 6.07) is 26.4. The Bertz CT molecular complexity index is 1270. The highest BCUT2D eigenvalue weighted by Crippen LogP contribution is 2.62. The average Bonchev–Trinajstić information content (AvgIpc) is 3.10. The number of para-hydroxylation sites is 2. The number of nitrogens with zero attached hydrogens (tertiary/aromatic N) is 2. The molecule has 0 saturated heterocycles. The van der Waals surface area contributed by atoms with Gasteiger partial charge in [-0.1, -0.05) is 79.9 Å². The van der Waals surface area contributed by atoms with E-state index in [9.17, 15) is 0 Å². The molecule has 1 saturated carbocycles. The van der Waals surface area contributed by atoms with E-state index >= 15 is 0 Å². The third-order valence-corrected chi connectivity index (χ3v) is 9.41. The largest absolute Gasteiger partial charge is 0.333 e. The van der Waals surface area contributed by atoms with Crippen LogP contribution in [0.25, 0.3) is 0 Å². The Balaban J connectivity index is 1.53. The van der Waals surface area contributed by atoms with Crippen LogP contribution in [0.1, 0.15) is 70.8 Å². The van der Waals surface area contributed by atoms with E-state index in [2.05, 4.69) is 103 Å². The number of benzene rings is 3. The molecule has 1 aliphatic heterocycles. The van der Waals surface area contributed by atoms with Crippen LogP contribution < -0.4 is 9.80 Å². The number of rotatable bonds is 4. The summed E-state index contributed by atoms with van der Waals surface area (Å²) in [5.41, 5.74) is 7.65. The van der Waals surface area contributed by atoms with Gasteiger partial charge in [0.05, 0.1) is 21.9 Å². The van der Waals surface area contributed by atoms with Crippen LogP contribution in [-0.2, 0) is 5.41 Å². The molecule has 180 valence electrons. The van der Waals surface area contributed by atoms with Crippen molar-refractivity contribution in [2.24, 2.45) is 0 Å². The summed E-state index contributed by atoms with van der Waals surface area (Å²) in [5.74, 6) is 0. The average molecular weight is 483 g/mol. The highest BCUT2D eigenvalue weighted by Gasteiger charge is 2.57. The normalized spacial score (nSPS) is 25.6. The van der Waals surface area contributed by atoms with Gasteiger partial charge in [0.15, 0.2) is 0 Å². The van der Waals surface area contributed by atoms with Crippen LogP contribution in [0.4, 0.5) is 22.7 Å². The van der Waals surface area contributed by atoms with Crippen molar-refractivity contribution in [3.63, 3.8) is 0 Å². The molecule has 0 aromatic heterocycles. The van der Waals surface area contributed by atoms with E-state index in [0.29, 0.717) is 0 Å². The number of hydrogen-bond donors (Lipinski definition) is 0. The molecular formula is C32H35ClN2. The number of halogens is 1. The third kappa shape index (κ3) is 3.44. The van der Waals surface area contributed by atoms with Crippen LogP contribution in [0.2, 0.25) is 5.02 Å². The van der Waals surface area contributed by atoms with E-state index < -0.39 is 0 Å². The molecule has 1 heterocycles. The van der Waals surface area contributed by atoms with Gasteiger partial charge in [0, 0.05) is 22.5 Å². The summed E-state index contributed by atoms with van der Waals surface area (Å²) >= 11 is 7.45. The van der Waals surface area contributed by atoms with Crippen molar-refractivity contribution in [2.75, 3.05) is 9.80 Å². The first-order chi connectivity index (χ1) is 17.0. The van der Waals surface area contributed by atoms with Gasteiger partial charge >= 0.3 is 0 Å². The zero-order chi connectivity index (χ0) is 24.0. The molecule has 2 atom stereocenters. The van der Waals surface area contributed by atoms with E-state index in [0.717, 1.165) is 29.2 Å². The van der Waals surface area contributed by atoms with Crippen molar-refractivity contribution in [3.8, 4) is 0 Å². The van der Waals surface area contributed by atoms with Gasteiger partial charge in [-0.2, -0.15) is 0 Å². The predicted octanol–water partition coefficient (Wildman–Crippen LogP) is 9.68. The molecule has 0 amide bonds. The van der Waals surface area contributed by atoms with Gasteiger partial charge in [-0.15, -0.1) is 0 Å². The van der Waals surface area contributed by atoms with Gasteiger partial charge in [-0.3, -0.25) is 0 Å². The number of anilines is 4. The standard InChI is InChI=1S/C32H35ClN2/c1-31-22-11-12-23-32(31,2)35(27-19-10-9-18-26(27)31)29-21-13-20-28(30(29)33)34(24-14-5-3-6-15-24)25-16-7-4-8-17-25/h3,5-6,9-10,13-16,18-21H,4,7-8,11-12,17,22-23H2,1-2H3. The lowest BCUT2D eigenvalue weighted by molar-refractivity contribution is 0.195.